The van der Waals surface area contributed by atoms with Crippen molar-refractivity contribution in [3.05, 3.63) is 28.0 Å². The molecule has 5 heteroatoms. The van der Waals surface area contributed by atoms with E-state index in [4.69, 9.17) is 4.74 Å². The third kappa shape index (κ3) is 6.76. The van der Waals surface area contributed by atoms with Crippen molar-refractivity contribution in [2.45, 2.75) is 26.7 Å². The van der Waals surface area contributed by atoms with Crippen LogP contribution in [0.4, 0.5) is 0 Å². The Bertz CT molecular complexity index is 451. The Balaban J connectivity index is 2.18. The number of rotatable bonds is 7. The molecule has 0 saturated carbocycles. The predicted molar refractivity (Wildman–Crippen MR) is 77.0 cm³/mol. The standard InChI is InChI=1S/C14H19NO3S/c1-3-18-14(17)5-4-10-15-13(16)9-8-12-7-6-11(2)19-12/h6-9H,3-5,10H2,1-2H3,(H,15,16). The summed E-state index contributed by atoms with van der Waals surface area (Å²) in [6.07, 6.45) is 4.23. The van der Waals surface area contributed by atoms with Gasteiger partial charge < -0.3 is 10.1 Å². The molecule has 4 nitrogen and oxygen atoms in total. The molecule has 0 aliphatic carbocycles. The Morgan fingerprint density at radius 3 is 2.84 bits per heavy atom. The van der Waals surface area contributed by atoms with Crippen LogP contribution in [0.2, 0.25) is 0 Å². The second-order valence-corrected chi connectivity index (χ2v) is 5.30. The van der Waals surface area contributed by atoms with Crippen molar-refractivity contribution in [1.82, 2.24) is 5.32 Å². The highest BCUT2D eigenvalue weighted by Crippen LogP contribution is 2.16. The summed E-state index contributed by atoms with van der Waals surface area (Å²) in [5.74, 6) is -0.365. The van der Waals surface area contributed by atoms with Crippen LogP contribution in [0.1, 0.15) is 29.5 Å². The SMILES string of the molecule is CCOC(=O)CCCNC(=O)C=Cc1ccc(C)s1. The maximum absolute atomic E-state index is 11.5. The minimum absolute atomic E-state index is 0.144. The van der Waals surface area contributed by atoms with Gasteiger partial charge in [0, 0.05) is 28.8 Å². The number of thiophene rings is 1. The third-order valence-electron chi connectivity index (χ3n) is 2.32. The Morgan fingerprint density at radius 1 is 1.42 bits per heavy atom. The van der Waals surface area contributed by atoms with Gasteiger partial charge in [0.25, 0.3) is 0 Å². The van der Waals surface area contributed by atoms with Gasteiger partial charge in [-0.05, 0) is 38.5 Å². The Labute approximate surface area is 117 Å². The van der Waals surface area contributed by atoms with Crippen LogP contribution in [0.5, 0.6) is 0 Å². The van der Waals surface area contributed by atoms with Crippen LogP contribution < -0.4 is 5.32 Å². The van der Waals surface area contributed by atoms with Gasteiger partial charge in [-0.3, -0.25) is 9.59 Å². The molecule has 0 atom stereocenters. The van der Waals surface area contributed by atoms with Crippen LogP contribution in [0.15, 0.2) is 18.2 Å². The van der Waals surface area contributed by atoms with E-state index in [0.29, 0.717) is 26.0 Å². The molecule has 1 aromatic heterocycles. The smallest absolute Gasteiger partial charge is 0.305 e. The molecule has 1 amide bonds. The van der Waals surface area contributed by atoms with Crippen molar-refractivity contribution >= 4 is 29.3 Å². The van der Waals surface area contributed by atoms with E-state index < -0.39 is 0 Å². The summed E-state index contributed by atoms with van der Waals surface area (Å²) in [6.45, 7) is 4.67. The first-order valence-electron chi connectivity index (χ1n) is 6.29. The summed E-state index contributed by atoms with van der Waals surface area (Å²) in [4.78, 5) is 24.8. The molecule has 0 spiro atoms. The minimum atomic E-state index is -0.221. The fraction of sp³-hybridized carbons (Fsp3) is 0.429. The number of carbonyl (C=O) groups excluding carboxylic acids is 2. The number of nitrogens with one attached hydrogen (secondary N) is 1. The van der Waals surface area contributed by atoms with Gasteiger partial charge in [0.05, 0.1) is 6.61 Å². The molecule has 1 N–H and O–H groups in total. The summed E-state index contributed by atoms with van der Waals surface area (Å²) < 4.78 is 4.79. The predicted octanol–water partition coefficient (Wildman–Crippen LogP) is 2.53. The molecule has 0 saturated heterocycles. The molecular weight excluding hydrogens is 262 g/mol. The van der Waals surface area contributed by atoms with E-state index in [1.807, 2.05) is 19.1 Å². The molecular formula is C14H19NO3S. The maximum atomic E-state index is 11.5. The van der Waals surface area contributed by atoms with Gasteiger partial charge in [0.15, 0.2) is 0 Å². The molecule has 0 aliphatic heterocycles. The van der Waals surface area contributed by atoms with E-state index in [1.165, 1.54) is 11.0 Å². The van der Waals surface area contributed by atoms with Crippen LogP contribution in [0.25, 0.3) is 6.08 Å². The summed E-state index contributed by atoms with van der Waals surface area (Å²) in [5, 5.41) is 2.73. The van der Waals surface area contributed by atoms with Crippen LogP contribution >= 0.6 is 11.3 Å². The molecule has 1 aromatic rings. The Kier molecular flexibility index (Phi) is 6.89. The van der Waals surface area contributed by atoms with Crippen LogP contribution in [-0.4, -0.2) is 25.0 Å². The lowest BCUT2D eigenvalue weighted by atomic mass is 10.3. The normalized spacial score (nSPS) is 10.6. The van der Waals surface area contributed by atoms with E-state index in [0.717, 1.165) is 4.88 Å². The number of aryl methyl sites for hydroxylation is 1. The molecule has 0 fully saturated rings. The largest absolute Gasteiger partial charge is 0.466 e. The molecule has 19 heavy (non-hydrogen) atoms. The third-order valence-corrected chi connectivity index (χ3v) is 3.29. The maximum Gasteiger partial charge on any atom is 0.305 e. The zero-order valence-corrected chi connectivity index (χ0v) is 12.1. The van der Waals surface area contributed by atoms with Gasteiger partial charge >= 0.3 is 5.97 Å². The Morgan fingerprint density at radius 2 is 2.21 bits per heavy atom. The second kappa shape index (κ2) is 8.48. The first kappa shape index (κ1) is 15.4. The van der Waals surface area contributed by atoms with E-state index in [1.54, 1.807) is 24.3 Å². The summed E-state index contributed by atoms with van der Waals surface area (Å²) in [5.41, 5.74) is 0. The Hall–Kier alpha value is -1.62. The number of esters is 1. The second-order valence-electron chi connectivity index (χ2n) is 3.98. The van der Waals surface area contributed by atoms with Gasteiger partial charge in [-0.25, -0.2) is 0 Å². The number of hydrogen-bond donors (Lipinski definition) is 1. The number of hydrogen-bond acceptors (Lipinski definition) is 4. The minimum Gasteiger partial charge on any atom is -0.466 e. The van der Waals surface area contributed by atoms with Crippen molar-refractivity contribution in [2.24, 2.45) is 0 Å². The zero-order chi connectivity index (χ0) is 14.1. The van der Waals surface area contributed by atoms with Crippen molar-refractivity contribution in [1.29, 1.82) is 0 Å². The summed E-state index contributed by atoms with van der Waals surface area (Å²) in [7, 11) is 0. The highest BCUT2D eigenvalue weighted by molar-refractivity contribution is 7.12. The molecule has 0 unspecified atom stereocenters. The van der Waals surface area contributed by atoms with Crippen LogP contribution in [0, 0.1) is 6.92 Å². The highest BCUT2D eigenvalue weighted by atomic mass is 32.1. The first-order valence-corrected chi connectivity index (χ1v) is 7.11. The van der Waals surface area contributed by atoms with E-state index in [-0.39, 0.29) is 11.9 Å². The number of amides is 1. The van der Waals surface area contributed by atoms with Crippen LogP contribution in [0.3, 0.4) is 0 Å². The molecule has 0 aliphatic rings. The average Bonchev–Trinajstić information content (AvgIpc) is 2.78. The average molecular weight is 281 g/mol. The quantitative estimate of drug-likeness (QED) is 0.475. The zero-order valence-electron chi connectivity index (χ0n) is 11.3. The lowest BCUT2D eigenvalue weighted by molar-refractivity contribution is -0.143. The van der Waals surface area contributed by atoms with Gasteiger partial charge in [-0.1, -0.05) is 0 Å². The van der Waals surface area contributed by atoms with Crippen molar-refractivity contribution < 1.29 is 14.3 Å². The van der Waals surface area contributed by atoms with Gasteiger partial charge in [-0.2, -0.15) is 0 Å². The van der Waals surface area contributed by atoms with Crippen molar-refractivity contribution in [2.75, 3.05) is 13.2 Å². The fourth-order valence-corrected chi connectivity index (χ4v) is 2.22. The van der Waals surface area contributed by atoms with Crippen LogP contribution in [-0.2, 0) is 14.3 Å². The van der Waals surface area contributed by atoms with Gasteiger partial charge in [0.2, 0.25) is 5.91 Å². The number of ether oxygens (including phenoxy) is 1. The number of carbonyl (C=O) groups is 2. The monoisotopic (exact) mass is 281 g/mol. The summed E-state index contributed by atoms with van der Waals surface area (Å²) >= 11 is 1.64. The fourth-order valence-electron chi connectivity index (χ4n) is 1.44. The highest BCUT2D eigenvalue weighted by Gasteiger charge is 2.01. The molecule has 1 rings (SSSR count). The lowest BCUT2D eigenvalue weighted by Crippen LogP contribution is -2.22. The van der Waals surface area contributed by atoms with E-state index in [9.17, 15) is 9.59 Å². The summed E-state index contributed by atoms with van der Waals surface area (Å²) in [6, 6.07) is 3.99. The van der Waals surface area contributed by atoms with E-state index in [2.05, 4.69) is 5.32 Å². The van der Waals surface area contributed by atoms with Crippen molar-refractivity contribution in [3.63, 3.8) is 0 Å². The lowest BCUT2D eigenvalue weighted by Gasteiger charge is -2.02. The molecule has 0 aromatic carbocycles. The molecule has 104 valence electrons. The molecule has 0 radical (unpaired) electrons. The molecule has 0 bridgehead atoms. The van der Waals surface area contributed by atoms with Gasteiger partial charge in [0.1, 0.15) is 0 Å². The van der Waals surface area contributed by atoms with Gasteiger partial charge in [-0.15, -0.1) is 11.3 Å². The van der Waals surface area contributed by atoms with Crippen molar-refractivity contribution in [3.8, 4) is 0 Å². The van der Waals surface area contributed by atoms with E-state index >= 15 is 0 Å². The topological polar surface area (TPSA) is 55.4 Å². The first-order chi connectivity index (χ1) is 9.11. The molecule has 1 heterocycles.